The van der Waals surface area contributed by atoms with Crippen LogP contribution < -0.4 is 0 Å². The molecule has 1 radical (unpaired) electrons. The lowest BCUT2D eigenvalue weighted by Gasteiger charge is -2.08. The van der Waals surface area contributed by atoms with Gasteiger partial charge in [-0.1, -0.05) is 32.0 Å². The highest BCUT2D eigenvalue weighted by molar-refractivity contribution is 5.63. The van der Waals surface area contributed by atoms with Crippen LogP contribution in [-0.4, -0.2) is 6.21 Å². The fourth-order valence-electron chi connectivity index (χ4n) is 0.936. The highest BCUT2D eigenvalue weighted by Crippen LogP contribution is 2.14. The maximum atomic E-state index is 13.1. The summed E-state index contributed by atoms with van der Waals surface area (Å²) in [5.41, 5.74) is -0.365. The van der Waals surface area contributed by atoms with Crippen LogP contribution in [0.2, 0.25) is 0 Å². The summed E-state index contributed by atoms with van der Waals surface area (Å²) < 4.78 is 26.3. The molecule has 0 unspecified atom stereocenters. The normalized spacial score (nSPS) is 12.1. The Bertz CT molecular complexity index is 363. The van der Waals surface area contributed by atoms with Gasteiger partial charge in [-0.15, -0.1) is 0 Å². The Morgan fingerprint density at radius 3 is 2.31 bits per heavy atom. The maximum absolute atomic E-state index is 13.1. The number of rotatable bonds is 3. The van der Waals surface area contributed by atoms with Gasteiger partial charge < -0.3 is 4.84 Å². The molecule has 0 aliphatic carbocycles. The van der Waals surface area contributed by atoms with E-state index >= 15 is 0 Å². The van der Waals surface area contributed by atoms with Crippen LogP contribution in [0.15, 0.2) is 23.4 Å². The van der Waals surface area contributed by atoms with Gasteiger partial charge in [0.15, 0.2) is 0 Å². The third-order valence-corrected chi connectivity index (χ3v) is 1.72. The zero-order chi connectivity index (χ0) is 12.2. The summed E-state index contributed by atoms with van der Waals surface area (Å²) in [4.78, 5) is 4.79. The molecule has 1 rings (SSSR count). The third kappa shape index (κ3) is 3.96. The first-order valence-corrected chi connectivity index (χ1v) is 4.92. The number of hydrogen-bond donors (Lipinski definition) is 0. The third-order valence-electron chi connectivity index (χ3n) is 1.72. The lowest BCUT2D eigenvalue weighted by atomic mass is 10.00. The van der Waals surface area contributed by atoms with Gasteiger partial charge >= 0.3 is 0 Å². The number of nitrogens with zero attached hydrogens (tertiary/aromatic N) is 1. The molecule has 0 bridgehead atoms. The van der Waals surface area contributed by atoms with Crippen molar-refractivity contribution in [2.45, 2.75) is 27.4 Å². The predicted octanol–water partition coefficient (Wildman–Crippen LogP) is 3.39. The Kier molecular flexibility index (Phi) is 3.99. The summed E-state index contributed by atoms with van der Waals surface area (Å²) in [6, 6.07) is 3.66. The fraction of sp³-hybridized carbons (Fsp3) is 0.417. The Hall–Kier alpha value is -1.45. The van der Waals surface area contributed by atoms with E-state index in [0.29, 0.717) is 0 Å². The van der Waals surface area contributed by atoms with E-state index in [1.165, 1.54) is 18.2 Å². The molecule has 0 aromatic heterocycles. The molecule has 0 fully saturated rings. The van der Waals surface area contributed by atoms with Gasteiger partial charge in [-0.25, -0.2) is 8.78 Å². The molecule has 0 heterocycles. The van der Waals surface area contributed by atoms with E-state index in [2.05, 4.69) is 11.4 Å². The van der Waals surface area contributed by atoms with Crippen molar-refractivity contribution in [3.8, 4) is 0 Å². The van der Waals surface area contributed by atoms with E-state index in [1.807, 2.05) is 20.8 Å². The fourth-order valence-corrected chi connectivity index (χ4v) is 0.936. The summed E-state index contributed by atoms with van der Waals surface area (Å²) >= 11 is 0. The van der Waals surface area contributed by atoms with Gasteiger partial charge in [0.2, 0.25) is 0 Å². The first-order chi connectivity index (χ1) is 7.40. The average Bonchev–Trinajstić information content (AvgIpc) is 2.14. The number of benzene rings is 1. The molecule has 1 aromatic carbocycles. The summed E-state index contributed by atoms with van der Waals surface area (Å²) in [5.74, 6) is -1.27. The van der Waals surface area contributed by atoms with E-state index in [9.17, 15) is 8.78 Å². The molecule has 0 saturated heterocycles. The SMILES string of the molecule is CC(C)(C)[C]=NOCc1c(F)cccc1F. The van der Waals surface area contributed by atoms with E-state index in [4.69, 9.17) is 4.84 Å². The first-order valence-electron chi connectivity index (χ1n) is 4.92. The minimum absolute atomic E-state index is 0.123. The van der Waals surface area contributed by atoms with Crippen molar-refractivity contribution in [2.24, 2.45) is 10.6 Å². The van der Waals surface area contributed by atoms with Crippen LogP contribution >= 0.6 is 0 Å². The smallest absolute Gasteiger partial charge is 0.148 e. The van der Waals surface area contributed by atoms with Crippen LogP contribution in [0, 0.1) is 17.0 Å². The molecule has 0 spiro atoms. The van der Waals surface area contributed by atoms with Crippen molar-refractivity contribution in [1.29, 1.82) is 0 Å². The molecular weight excluding hydrogens is 212 g/mol. The first kappa shape index (κ1) is 12.6. The van der Waals surface area contributed by atoms with Crippen LogP contribution in [-0.2, 0) is 11.4 Å². The highest BCUT2D eigenvalue weighted by atomic mass is 19.1. The molecule has 4 heteroatoms. The molecule has 0 aliphatic heterocycles. The quantitative estimate of drug-likeness (QED) is 0.572. The average molecular weight is 226 g/mol. The van der Waals surface area contributed by atoms with Gasteiger partial charge in [0.05, 0.1) is 5.56 Å². The van der Waals surface area contributed by atoms with E-state index < -0.39 is 11.6 Å². The van der Waals surface area contributed by atoms with Crippen molar-refractivity contribution in [2.75, 3.05) is 0 Å². The lowest BCUT2D eigenvalue weighted by Crippen LogP contribution is -2.06. The van der Waals surface area contributed by atoms with E-state index in [0.717, 1.165) is 0 Å². The molecule has 0 aliphatic rings. The van der Waals surface area contributed by atoms with Gasteiger partial charge in [0.1, 0.15) is 24.5 Å². The van der Waals surface area contributed by atoms with Gasteiger partial charge in [-0.05, 0) is 12.1 Å². The monoisotopic (exact) mass is 226 g/mol. The molecule has 16 heavy (non-hydrogen) atoms. The maximum Gasteiger partial charge on any atom is 0.148 e. The Balaban J connectivity index is 2.59. The summed E-state index contributed by atoms with van der Waals surface area (Å²) in [6.45, 7) is 5.44. The predicted molar refractivity (Wildman–Crippen MR) is 58.0 cm³/mol. The minimum atomic E-state index is -0.633. The zero-order valence-electron chi connectivity index (χ0n) is 9.55. The number of hydrogen-bond acceptors (Lipinski definition) is 2. The minimum Gasteiger partial charge on any atom is -0.390 e. The Morgan fingerprint density at radius 2 is 1.81 bits per heavy atom. The van der Waals surface area contributed by atoms with E-state index in [-0.39, 0.29) is 17.6 Å². The van der Waals surface area contributed by atoms with Crippen LogP contribution in [0.25, 0.3) is 0 Å². The van der Waals surface area contributed by atoms with Gasteiger partial charge in [-0.3, -0.25) is 0 Å². The van der Waals surface area contributed by atoms with Crippen LogP contribution in [0.4, 0.5) is 8.78 Å². The second-order valence-corrected chi connectivity index (χ2v) is 4.43. The highest BCUT2D eigenvalue weighted by Gasteiger charge is 2.09. The van der Waals surface area contributed by atoms with Gasteiger partial charge in [0.25, 0.3) is 0 Å². The molecule has 87 valence electrons. The van der Waals surface area contributed by atoms with Crippen LogP contribution in [0.1, 0.15) is 26.3 Å². The molecule has 2 nitrogen and oxygen atoms in total. The Labute approximate surface area is 93.9 Å². The van der Waals surface area contributed by atoms with E-state index in [1.54, 1.807) is 0 Å². The van der Waals surface area contributed by atoms with Gasteiger partial charge in [0, 0.05) is 5.41 Å². The molecule has 0 N–H and O–H groups in total. The topological polar surface area (TPSA) is 21.6 Å². The van der Waals surface area contributed by atoms with Crippen molar-refractivity contribution in [3.05, 3.63) is 35.4 Å². The summed E-state index contributed by atoms with van der Waals surface area (Å²) in [6.07, 6.45) is 2.69. The van der Waals surface area contributed by atoms with Crippen molar-refractivity contribution >= 4 is 6.21 Å². The van der Waals surface area contributed by atoms with Crippen molar-refractivity contribution in [3.63, 3.8) is 0 Å². The number of halogens is 2. The lowest BCUT2D eigenvalue weighted by molar-refractivity contribution is 0.124. The Morgan fingerprint density at radius 1 is 1.25 bits per heavy atom. The van der Waals surface area contributed by atoms with Crippen LogP contribution in [0.5, 0.6) is 0 Å². The molecule has 1 aromatic rings. The molecule has 0 atom stereocenters. The molecule has 0 amide bonds. The van der Waals surface area contributed by atoms with Crippen LogP contribution in [0.3, 0.4) is 0 Å². The van der Waals surface area contributed by atoms with Crippen molar-refractivity contribution < 1.29 is 13.6 Å². The molecular formula is C12H14F2NO. The van der Waals surface area contributed by atoms with Gasteiger partial charge in [-0.2, -0.15) is 0 Å². The summed E-state index contributed by atoms with van der Waals surface area (Å²) in [5, 5.41) is 3.54. The second-order valence-electron chi connectivity index (χ2n) is 4.43. The summed E-state index contributed by atoms with van der Waals surface area (Å²) in [7, 11) is 0. The standard InChI is InChI=1S/C12H14F2NO/c1-12(2,3)8-15-16-7-9-10(13)5-4-6-11(9)14/h4-6H,7H2,1-3H3. The van der Waals surface area contributed by atoms with Crippen molar-refractivity contribution in [1.82, 2.24) is 0 Å². The zero-order valence-corrected chi connectivity index (χ0v) is 9.55. The largest absolute Gasteiger partial charge is 0.390 e. The second kappa shape index (κ2) is 5.05. The molecule has 0 saturated carbocycles.